The van der Waals surface area contributed by atoms with Crippen LogP contribution in [-0.2, 0) is 0 Å². The highest BCUT2D eigenvalue weighted by Crippen LogP contribution is 2.35. The molecular formula is C18H14ClN3O3. The molecule has 0 aliphatic carbocycles. The number of halogens is 1. The average Bonchev–Trinajstić information content (AvgIpc) is 3.11. The van der Waals surface area contributed by atoms with Crippen LogP contribution in [0.25, 0.3) is 27.6 Å². The summed E-state index contributed by atoms with van der Waals surface area (Å²) < 4.78 is 12.3. The van der Waals surface area contributed by atoms with Crippen molar-refractivity contribution < 1.29 is 9.15 Å². The molecule has 2 aromatic carbocycles. The number of hydrogen-bond donors (Lipinski definition) is 1. The molecule has 0 aliphatic rings. The second kappa shape index (κ2) is 5.82. The first-order chi connectivity index (χ1) is 12.1. The molecule has 0 amide bonds. The van der Waals surface area contributed by atoms with Crippen molar-refractivity contribution in [1.82, 2.24) is 9.55 Å². The summed E-state index contributed by atoms with van der Waals surface area (Å²) in [6.07, 6.45) is 1.57. The first-order valence-electron chi connectivity index (χ1n) is 7.58. The molecule has 7 heteroatoms. The average molecular weight is 356 g/mol. The van der Waals surface area contributed by atoms with Gasteiger partial charge >= 0.3 is 5.69 Å². The molecule has 0 bridgehead atoms. The number of ether oxygens (including phenoxy) is 1. The Labute approximate surface area is 147 Å². The van der Waals surface area contributed by atoms with Crippen molar-refractivity contribution in [3.05, 3.63) is 58.2 Å². The molecule has 2 heterocycles. The van der Waals surface area contributed by atoms with Crippen molar-refractivity contribution in [3.8, 4) is 11.4 Å². The molecule has 2 aromatic heterocycles. The maximum absolute atomic E-state index is 12.7. The Morgan fingerprint density at radius 1 is 1.24 bits per heavy atom. The van der Waals surface area contributed by atoms with Crippen LogP contribution < -0.4 is 15.7 Å². The standard InChI is InChI=1S/C18H14ClN3O3/c1-20-17-15-14(9-13(19)12-7-8-25-16(12)15)22(18(23)21-17)10-3-5-11(24-2)6-4-10/h3-9H,1-2H3,(H,20,21,23). The van der Waals surface area contributed by atoms with Gasteiger partial charge in [-0.3, -0.25) is 4.57 Å². The van der Waals surface area contributed by atoms with Crippen LogP contribution in [0.3, 0.4) is 0 Å². The van der Waals surface area contributed by atoms with E-state index in [2.05, 4.69) is 10.3 Å². The Hall–Kier alpha value is -2.99. The first-order valence-corrected chi connectivity index (χ1v) is 7.96. The normalized spacial score (nSPS) is 11.2. The van der Waals surface area contributed by atoms with E-state index in [-0.39, 0.29) is 0 Å². The monoisotopic (exact) mass is 355 g/mol. The van der Waals surface area contributed by atoms with E-state index in [1.54, 1.807) is 56.8 Å². The van der Waals surface area contributed by atoms with E-state index in [1.165, 1.54) is 4.57 Å². The minimum Gasteiger partial charge on any atom is -0.497 e. The summed E-state index contributed by atoms with van der Waals surface area (Å²) in [5, 5.41) is 4.93. The summed E-state index contributed by atoms with van der Waals surface area (Å²) >= 11 is 6.40. The van der Waals surface area contributed by atoms with Crippen LogP contribution in [0.1, 0.15) is 0 Å². The van der Waals surface area contributed by atoms with Gasteiger partial charge in [0.25, 0.3) is 0 Å². The largest absolute Gasteiger partial charge is 0.497 e. The van der Waals surface area contributed by atoms with Crippen molar-refractivity contribution in [1.29, 1.82) is 0 Å². The molecule has 6 nitrogen and oxygen atoms in total. The van der Waals surface area contributed by atoms with Crippen LogP contribution in [0, 0.1) is 0 Å². The second-order valence-electron chi connectivity index (χ2n) is 5.44. The summed E-state index contributed by atoms with van der Waals surface area (Å²) in [6.45, 7) is 0. The highest BCUT2D eigenvalue weighted by molar-refractivity contribution is 6.37. The number of methoxy groups -OCH3 is 1. The highest BCUT2D eigenvalue weighted by Gasteiger charge is 2.18. The summed E-state index contributed by atoms with van der Waals surface area (Å²) in [5.41, 5.74) is 1.44. The minimum atomic E-state index is -0.413. The van der Waals surface area contributed by atoms with E-state index in [1.807, 2.05) is 0 Å². The fourth-order valence-electron chi connectivity index (χ4n) is 2.95. The van der Waals surface area contributed by atoms with Crippen molar-refractivity contribution in [2.75, 3.05) is 19.5 Å². The van der Waals surface area contributed by atoms with Crippen LogP contribution in [0.4, 0.5) is 5.82 Å². The fourth-order valence-corrected chi connectivity index (χ4v) is 3.20. The third-order valence-electron chi connectivity index (χ3n) is 4.11. The number of nitrogens with zero attached hydrogens (tertiary/aromatic N) is 2. The van der Waals surface area contributed by atoms with Gasteiger partial charge in [0.15, 0.2) is 0 Å². The number of furan rings is 1. The van der Waals surface area contributed by atoms with Gasteiger partial charge in [-0.25, -0.2) is 4.79 Å². The van der Waals surface area contributed by atoms with Gasteiger partial charge < -0.3 is 14.5 Å². The molecule has 25 heavy (non-hydrogen) atoms. The van der Waals surface area contributed by atoms with Gasteiger partial charge in [-0.1, -0.05) is 11.6 Å². The minimum absolute atomic E-state index is 0.413. The Morgan fingerprint density at radius 3 is 2.68 bits per heavy atom. The molecule has 0 saturated heterocycles. The molecule has 0 atom stereocenters. The Morgan fingerprint density at radius 2 is 2.00 bits per heavy atom. The Kier molecular flexibility index (Phi) is 3.62. The molecule has 0 aliphatic heterocycles. The molecule has 0 unspecified atom stereocenters. The SMILES string of the molecule is CNc1nc(=O)n(-c2ccc(OC)cc2)c2cc(Cl)c3ccoc3c12. The molecule has 0 fully saturated rings. The summed E-state index contributed by atoms with van der Waals surface area (Å²) in [6, 6.07) is 10.7. The van der Waals surface area contributed by atoms with Gasteiger partial charge in [0.1, 0.15) is 17.2 Å². The summed E-state index contributed by atoms with van der Waals surface area (Å²) in [7, 11) is 3.30. The van der Waals surface area contributed by atoms with Crippen molar-refractivity contribution in [2.24, 2.45) is 0 Å². The molecular weight excluding hydrogens is 342 g/mol. The van der Waals surface area contributed by atoms with E-state index >= 15 is 0 Å². The topological polar surface area (TPSA) is 69.3 Å². The van der Waals surface area contributed by atoms with E-state index in [4.69, 9.17) is 20.8 Å². The number of benzene rings is 2. The third-order valence-corrected chi connectivity index (χ3v) is 4.43. The lowest BCUT2D eigenvalue weighted by Crippen LogP contribution is -2.23. The lowest BCUT2D eigenvalue weighted by Gasteiger charge is -2.13. The van der Waals surface area contributed by atoms with Gasteiger partial charge in [0, 0.05) is 12.4 Å². The van der Waals surface area contributed by atoms with Crippen LogP contribution in [0.2, 0.25) is 5.02 Å². The summed E-state index contributed by atoms with van der Waals surface area (Å²) in [4.78, 5) is 16.8. The van der Waals surface area contributed by atoms with Gasteiger partial charge in [-0.05, 0) is 36.4 Å². The molecule has 0 radical (unpaired) electrons. The zero-order chi connectivity index (χ0) is 17.6. The van der Waals surface area contributed by atoms with Gasteiger partial charge in [0.2, 0.25) is 0 Å². The number of rotatable bonds is 3. The molecule has 4 rings (SSSR count). The van der Waals surface area contributed by atoms with E-state index < -0.39 is 5.69 Å². The quantitative estimate of drug-likeness (QED) is 0.604. The number of hydrogen-bond acceptors (Lipinski definition) is 5. The molecule has 1 N–H and O–H groups in total. The second-order valence-corrected chi connectivity index (χ2v) is 5.85. The Bertz CT molecular complexity index is 1150. The zero-order valence-corrected chi connectivity index (χ0v) is 14.3. The lowest BCUT2D eigenvalue weighted by molar-refractivity contribution is 0.414. The Balaban J connectivity index is 2.15. The predicted octanol–water partition coefficient (Wildman–Crippen LogP) is 3.84. The van der Waals surface area contributed by atoms with Gasteiger partial charge in [0.05, 0.1) is 35.0 Å². The van der Waals surface area contributed by atoms with Crippen LogP contribution in [0.15, 0.2) is 51.9 Å². The summed E-state index contributed by atoms with van der Waals surface area (Å²) in [5.74, 6) is 1.15. The predicted molar refractivity (Wildman–Crippen MR) is 98.2 cm³/mol. The van der Waals surface area contributed by atoms with Crippen molar-refractivity contribution in [2.45, 2.75) is 0 Å². The van der Waals surface area contributed by atoms with Crippen LogP contribution >= 0.6 is 11.6 Å². The number of fused-ring (bicyclic) bond motifs is 3. The lowest BCUT2D eigenvalue weighted by atomic mass is 10.1. The van der Waals surface area contributed by atoms with E-state index in [0.717, 1.165) is 5.39 Å². The zero-order valence-electron chi connectivity index (χ0n) is 13.5. The molecule has 0 saturated carbocycles. The maximum Gasteiger partial charge on any atom is 0.354 e. The van der Waals surface area contributed by atoms with Crippen molar-refractivity contribution in [3.63, 3.8) is 0 Å². The van der Waals surface area contributed by atoms with Gasteiger partial charge in [-0.2, -0.15) is 4.98 Å². The maximum atomic E-state index is 12.7. The van der Waals surface area contributed by atoms with E-state index in [9.17, 15) is 4.79 Å². The molecule has 4 aromatic rings. The highest BCUT2D eigenvalue weighted by atomic mass is 35.5. The van der Waals surface area contributed by atoms with E-state index in [0.29, 0.717) is 38.8 Å². The smallest absolute Gasteiger partial charge is 0.354 e. The molecule has 0 spiro atoms. The van der Waals surface area contributed by atoms with Crippen molar-refractivity contribution >= 4 is 39.3 Å². The number of anilines is 1. The first kappa shape index (κ1) is 15.5. The van der Waals surface area contributed by atoms with Crippen LogP contribution in [0.5, 0.6) is 5.75 Å². The molecule has 126 valence electrons. The fraction of sp³-hybridized carbons (Fsp3) is 0.111. The van der Waals surface area contributed by atoms with Gasteiger partial charge in [-0.15, -0.1) is 0 Å². The third kappa shape index (κ3) is 2.34. The number of nitrogens with one attached hydrogen (secondary N) is 1. The number of aromatic nitrogens is 2. The van der Waals surface area contributed by atoms with Crippen LogP contribution in [-0.4, -0.2) is 23.7 Å².